The van der Waals surface area contributed by atoms with Crippen LogP contribution in [0, 0.1) is 25.2 Å². The number of nitrogens with one attached hydrogen (secondary N) is 3. The predicted molar refractivity (Wildman–Crippen MR) is 147 cm³/mol. The van der Waals surface area contributed by atoms with Gasteiger partial charge in [-0.15, -0.1) is 0 Å². The molecule has 0 spiro atoms. The lowest BCUT2D eigenvalue weighted by Gasteiger charge is -2.21. The number of aromatic amines is 1. The van der Waals surface area contributed by atoms with Gasteiger partial charge in [0.05, 0.1) is 21.3 Å². The molecule has 11 nitrogen and oxygen atoms in total. The normalized spacial score (nSPS) is 14.0. The van der Waals surface area contributed by atoms with Gasteiger partial charge in [0.2, 0.25) is 17.6 Å². The van der Waals surface area contributed by atoms with Gasteiger partial charge in [-0.05, 0) is 51.0 Å². The first kappa shape index (κ1) is 27.6. The summed E-state index contributed by atoms with van der Waals surface area (Å²) in [6, 6.07) is 10.2. The number of nitrogens with zero attached hydrogens (tertiary/aromatic N) is 2. The second-order valence-corrected chi connectivity index (χ2v) is 8.98. The Bertz CT molecular complexity index is 1330. The molecule has 3 aromatic rings. The van der Waals surface area contributed by atoms with E-state index >= 15 is 0 Å². The van der Waals surface area contributed by atoms with Crippen molar-refractivity contribution in [3.8, 4) is 23.0 Å². The molecule has 4 rings (SSSR count). The molecule has 0 atom stereocenters. The fourth-order valence-corrected chi connectivity index (χ4v) is 4.25. The molecule has 2 heterocycles. The Morgan fingerprint density at radius 2 is 1.69 bits per heavy atom. The van der Waals surface area contributed by atoms with Gasteiger partial charge in [0, 0.05) is 48.2 Å². The molecule has 2 aromatic carbocycles. The fourth-order valence-electron chi connectivity index (χ4n) is 4.25. The first-order valence-electron chi connectivity index (χ1n) is 12.5. The summed E-state index contributed by atoms with van der Waals surface area (Å²) in [6.07, 6.45) is 1.42. The zero-order chi connectivity index (χ0) is 27.9. The first-order valence-corrected chi connectivity index (χ1v) is 12.5. The van der Waals surface area contributed by atoms with Gasteiger partial charge in [-0.2, -0.15) is 4.99 Å². The Hall–Kier alpha value is -4.38. The van der Waals surface area contributed by atoms with Crippen molar-refractivity contribution in [2.45, 2.75) is 26.7 Å². The number of benzene rings is 2. The number of aliphatic imine (C=N–C) groups is 1. The number of amidine groups is 1. The van der Waals surface area contributed by atoms with Gasteiger partial charge in [0.1, 0.15) is 17.3 Å². The molecule has 1 aliphatic heterocycles. The molecule has 39 heavy (non-hydrogen) atoms. The van der Waals surface area contributed by atoms with Gasteiger partial charge in [-0.25, -0.2) is 4.98 Å². The zero-order valence-electron chi connectivity index (χ0n) is 22.7. The number of imidazole rings is 1. The highest BCUT2D eigenvalue weighted by Crippen LogP contribution is 2.41. The molecular weight excluding hydrogens is 502 g/mol. The summed E-state index contributed by atoms with van der Waals surface area (Å²) in [5.74, 6) is 2.29. The molecule has 0 unspecified atom stereocenters. The van der Waals surface area contributed by atoms with E-state index in [9.17, 15) is 4.79 Å². The number of ether oxygens (including phenoxy) is 5. The minimum absolute atomic E-state index is 0.0236. The van der Waals surface area contributed by atoms with Crippen molar-refractivity contribution in [3.05, 3.63) is 59.2 Å². The number of aryl methyl sites for hydroxylation is 2. The van der Waals surface area contributed by atoms with Gasteiger partial charge < -0.3 is 34.0 Å². The van der Waals surface area contributed by atoms with Crippen LogP contribution in [0.5, 0.6) is 23.0 Å². The van der Waals surface area contributed by atoms with Crippen LogP contribution in [-0.4, -0.2) is 62.2 Å². The van der Waals surface area contributed by atoms with Crippen LogP contribution in [0.1, 0.15) is 35.6 Å². The number of amides is 1. The van der Waals surface area contributed by atoms with Crippen LogP contribution in [0.2, 0.25) is 0 Å². The molecule has 1 aromatic heterocycles. The summed E-state index contributed by atoms with van der Waals surface area (Å²) < 4.78 is 27.8. The Kier molecular flexibility index (Phi) is 8.82. The van der Waals surface area contributed by atoms with E-state index in [4.69, 9.17) is 29.1 Å². The molecule has 1 amide bonds. The number of rotatable bonds is 8. The largest absolute Gasteiger partial charge is 0.493 e. The Labute approximate surface area is 227 Å². The van der Waals surface area contributed by atoms with Gasteiger partial charge in [0.15, 0.2) is 17.3 Å². The van der Waals surface area contributed by atoms with E-state index in [1.165, 1.54) is 21.3 Å². The molecular formula is C28H33N5O6. The minimum atomic E-state index is -0.0585. The standard InChI is InChI=1S/C28H33N5O6/c1-16-24(31-17(2)30-16)28(39-21-14-22(35-3)25(37-5)23(15-21)36-4)33-26(29)18-6-8-20(9-7-18)32-27(34)19-10-12-38-13-11-19/h6-9,14-15,19,29H,10-13H2,1-5H3,(H,30,31)(H,32,34). The van der Waals surface area contributed by atoms with Gasteiger partial charge in [0.25, 0.3) is 0 Å². The maximum absolute atomic E-state index is 12.5. The number of aromatic nitrogens is 2. The number of anilines is 1. The lowest BCUT2D eigenvalue weighted by Crippen LogP contribution is -2.28. The predicted octanol–water partition coefficient (Wildman–Crippen LogP) is 4.27. The van der Waals surface area contributed by atoms with E-state index in [0.29, 0.717) is 71.8 Å². The smallest absolute Gasteiger partial charge is 0.249 e. The highest BCUT2D eigenvalue weighted by molar-refractivity contribution is 6.08. The fraction of sp³-hybridized carbons (Fsp3) is 0.357. The monoisotopic (exact) mass is 535 g/mol. The van der Waals surface area contributed by atoms with Crippen molar-refractivity contribution >= 4 is 23.3 Å². The lowest BCUT2D eigenvalue weighted by atomic mass is 9.99. The lowest BCUT2D eigenvalue weighted by molar-refractivity contribution is -0.122. The zero-order valence-corrected chi connectivity index (χ0v) is 22.7. The number of carbonyl (C=O) groups is 1. The quantitative estimate of drug-likeness (QED) is 0.289. The number of carbonyl (C=O) groups excluding carboxylic acids is 1. The van der Waals surface area contributed by atoms with E-state index in [-0.39, 0.29) is 23.6 Å². The maximum Gasteiger partial charge on any atom is 0.249 e. The summed E-state index contributed by atoms with van der Waals surface area (Å²) in [7, 11) is 4.55. The van der Waals surface area contributed by atoms with Crippen molar-refractivity contribution in [2.24, 2.45) is 10.9 Å². The number of methoxy groups -OCH3 is 3. The summed E-state index contributed by atoms with van der Waals surface area (Å²) in [5.41, 5.74) is 2.39. The van der Waals surface area contributed by atoms with E-state index < -0.39 is 0 Å². The van der Waals surface area contributed by atoms with Crippen molar-refractivity contribution in [1.82, 2.24) is 9.97 Å². The number of hydrogen-bond donors (Lipinski definition) is 3. The van der Waals surface area contributed by atoms with Gasteiger partial charge in [-0.3, -0.25) is 10.2 Å². The first-order chi connectivity index (χ1) is 18.8. The van der Waals surface area contributed by atoms with Crippen molar-refractivity contribution < 1.29 is 28.5 Å². The Morgan fingerprint density at radius 3 is 2.23 bits per heavy atom. The third kappa shape index (κ3) is 6.55. The van der Waals surface area contributed by atoms with E-state index in [2.05, 4.69) is 20.3 Å². The van der Waals surface area contributed by atoms with Crippen LogP contribution < -0.4 is 24.3 Å². The van der Waals surface area contributed by atoms with Crippen LogP contribution >= 0.6 is 0 Å². The molecule has 1 fully saturated rings. The van der Waals surface area contributed by atoms with Crippen LogP contribution in [0.15, 0.2) is 41.4 Å². The third-order valence-corrected chi connectivity index (χ3v) is 6.29. The molecule has 0 radical (unpaired) electrons. The molecule has 3 N–H and O–H groups in total. The molecule has 1 saturated heterocycles. The molecule has 206 valence electrons. The van der Waals surface area contributed by atoms with E-state index in [1.54, 1.807) is 36.4 Å². The third-order valence-electron chi connectivity index (χ3n) is 6.29. The molecule has 11 heteroatoms. The Morgan fingerprint density at radius 1 is 1.05 bits per heavy atom. The van der Waals surface area contributed by atoms with Crippen molar-refractivity contribution in [1.29, 1.82) is 5.41 Å². The summed E-state index contributed by atoms with van der Waals surface area (Å²) in [6.45, 7) is 4.87. The average molecular weight is 536 g/mol. The van der Waals surface area contributed by atoms with Crippen LogP contribution in [-0.2, 0) is 9.53 Å². The summed E-state index contributed by atoms with van der Waals surface area (Å²) in [4.78, 5) is 24.7. The van der Waals surface area contributed by atoms with Gasteiger partial charge >= 0.3 is 0 Å². The second-order valence-electron chi connectivity index (χ2n) is 8.98. The molecule has 0 bridgehead atoms. The highest BCUT2D eigenvalue weighted by Gasteiger charge is 2.22. The minimum Gasteiger partial charge on any atom is -0.493 e. The number of H-pyrrole nitrogens is 1. The van der Waals surface area contributed by atoms with Crippen molar-refractivity contribution in [3.63, 3.8) is 0 Å². The van der Waals surface area contributed by atoms with Crippen LogP contribution in [0.25, 0.3) is 0 Å². The summed E-state index contributed by atoms with van der Waals surface area (Å²) in [5, 5.41) is 11.6. The van der Waals surface area contributed by atoms with E-state index in [1.807, 2.05) is 13.8 Å². The number of hydrogen-bond acceptors (Lipinski definition) is 8. The average Bonchev–Trinajstić information content (AvgIpc) is 3.30. The molecule has 0 saturated carbocycles. The molecule has 1 aliphatic rings. The SMILES string of the molecule is COc1cc(OC(=NC(=N)c2ccc(NC(=O)C3CCOCC3)cc2)c2nc(C)[nH]c2C)cc(OC)c1OC. The van der Waals surface area contributed by atoms with Crippen LogP contribution in [0.4, 0.5) is 5.69 Å². The van der Waals surface area contributed by atoms with Gasteiger partial charge in [-0.1, -0.05) is 0 Å². The van der Waals surface area contributed by atoms with Crippen LogP contribution in [0.3, 0.4) is 0 Å². The summed E-state index contributed by atoms with van der Waals surface area (Å²) >= 11 is 0. The highest BCUT2D eigenvalue weighted by atomic mass is 16.5. The second kappa shape index (κ2) is 12.4. The Balaban J connectivity index is 1.60. The maximum atomic E-state index is 12.5. The topological polar surface area (TPSA) is 140 Å². The van der Waals surface area contributed by atoms with E-state index in [0.717, 1.165) is 5.69 Å². The van der Waals surface area contributed by atoms with Crippen molar-refractivity contribution in [2.75, 3.05) is 39.9 Å². The molecule has 0 aliphatic carbocycles.